The summed E-state index contributed by atoms with van der Waals surface area (Å²) in [7, 11) is 0. The normalized spacial score (nSPS) is 10.7. The second-order valence-electron chi connectivity index (χ2n) is 4.43. The van der Waals surface area contributed by atoms with Crippen LogP contribution in [0.15, 0.2) is 47.8 Å². The topological polar surface area (TPSA) is 54.7 Å². The molecule has 0 amide bonds. The van der Waals surface area contributed by atoms with Gasteiger partial charge in [0.05, 0.1) is 5.56 Å². The summed E-state index contributed by atoms with van der Waals surface area (Å²) in [5, 5.41) is 9.27. The third-order valence-electron chi connectivity index (χ3n) is 3.14. The fourth-order valence-corrected chi connectivity index (χ4v) is 2.99. The molecule has 3 N–H and O–H groups in total. The zero-order valence-corrected chi connectivity index (χ0v) is 11.3. The molecule has 0 unspecified atom stereocenters. The lowest BCUT2D eigenvalue weighted by molar-refractivity contribution is 0.895. The summed E-state index contributed by atoms with van der Waals surface area (Å²) in [4.78, 5) is 1.18. The first-order chi connectivity index (χ1) is 9.34. The van der Waals surface area contributed by atoms with E-state index in [0.29, 0.717) is 5.82 Å². The molecule has 0 spiro atoms. The van der Waals surface area contributed by atoms with Crippen molar-refractivity contribution in [3.63, 3.8) is 0 Å². The van der Waals surface area contributed by atoms with Gasteiger partial charge in [-0.25, -0.2) is 0 Å². The van der Waals surface area contributed by atoms with Crippen molar-refractivity contribution in [2.45, 2.75) is 12.8 Å². The molecule has 4 heteroatoms. The maximum absolute atomic E-state index is 5.97. The SMILES string of the molecule is Nc1n[nH]c(CCc2ccccc2)c1-c1cccs1. The average Bonchev–Trinajstić information content (AvgIpc) is 3.07. The van der Waals surface area contributed by atoms with Gasteiger partial charge in [-0.1, -0.05) is 36.4 Å². The van der Waals surface area contributed by atoms with Crippen molar-refractivity contribution >= 4 is 17.2 Å². The van der Waals surface area contributed by atoms with E-state index in [1.165, 1.54) is 10.4 Å². The number of nitrogens with zero attached hydrogens (tertiary/aromatic N) is 1. The molecule has 3 rings (SSSR count). The van der Waals surface area contributed by atoms with Crippen LogP contribution in [-0.2, 0) is 12.8 Å². The van der Waals surface area contributed by atoms with Crippen LogP contribution in [0.2, 0.25) is 0 Å². The Morgan fingerprint density at radius 3 is 2.63 bits per heavy atom. The minimum Gasteiger partial charge on any atom is -0.382 e. The number of rotatable bonds is 4. The minimum absolute atomic E-state index is 0.588. The molecule has 2 aromatic heterocycles. The van der Waals surface area contributed by atoms with Crippen LogP contribution in [0.4, 0.5) is 5.82 Å². The molecule has 0 aliphatic carbocycles. The molecule has 19 heavy (non-hydrogen) atoms. The Kier molecular flexibility index (Phi) is 3.33. The van der Waals surface area contributed by atoms with E-state index >= 15 is 0 Å². The van der Waals surface area contributed by atoms with Gasteiger partial charge >= 0.3 is 0 Å². The quantitative estimate of drug-likeness (QED) is 0.761. The van der Waals surface area contributed by atoms with E-state index in [9.17, 15) is 0 Å². The van der Waals surface area contributed by atoms with Crippen LogP contribution in [0.3, 0.4) is 0 Å². The largest absolute Gasteiger partial charge is 0.382 e. The number of anilines is 1. The first-order valence-electron chi connectivity index (χ1n) is 6.25. The smallest absolute Gasteiger partial charge is 0.154 e. The van der Waals surface area contributed by atoms with Gasteiger partial charge in [0.15, 0.2) is 5.82 Å². The lowest BCUT2D eigenvalue weighted by atomic mass is 10.1. The van der Waals surface area contributed by atoms with E-state index in [1.807, 2.05) is 12.1 Å². The van der Waals surface area contributed by atoms with Crippen LogP contribution < -0.4 is 5.73 Å². The van der Waals surface area contributed by atoms with E-state index in [2.05, 4.69) is 45.9 Å². The molecule has 0 radical (unpaired) electrons. The van der Waals surface area contributed by atoms with Crippen molar-refractivity contribution in [3.8, 4) is 10.4 Å². The van der Waals surface area contributed by atoms with Gasteiger partial charge in [-0.2, -0.15) is 5.10 Å². The summed E-state index contributed by atoms with van der Waals surface area (Å²) in [5.41, 5.74) is 9.47. The second-order valence-corrected chi connectivity index (χ2v) is 5.37. The maximum atomic E-state index is 5.97. The average molecular weight is 269 g/mol. The fraction of sp³-hybridized carbons (Fsp3) is 0.133. The first kappa shape index (κ1) is 12.0. The molecule has 0 bridgehead atoms. The molecule has 3 aromatic rings. The van der Waals surface area contributed by atoms with E-state index in [4.69, 9.17) is 5.73 Å². The van der Waals surface area contributed by atoms with E-state index < -0.39 is 0 Å². The summed E-state index contributed by atoms with van der Waals surface area (Å²) < 4.78 is 0. The Morgan fingerprint density at radius 2 is 1.89 bits per heavy atom. The molecule has 96 valence electrons. The monoisotopic (exact) mass is 269 g/mol. The molecule has 0 aliphatic rings. The minimum atomic E-state index is 0.588. The molecule has 1 aromatic carbocycles. The Morgan fingerprint density at radius 1 is 1.05 bits per heavy atom. The van der Waals surface area contributed by atoms with Crippen LogP contribution >= 0.6 is 11.3 Å². The number of benzene rings is 1. The number of nitrogens with two attached hydrogens (primary N) is 1. The first-order valence-corrected chi connectivity index (χ1v) is 7.13. The standard InChI is InChI=1S/C15H15N3S/c16-15-14(13-7-4-10-19-13)12(17-18-15)9-8-11-5-2-1-3-6-11/h1-7,10H,8-9H2,(H3,16,17,18). The maximum Gasteiger partial charge on any atom is 0.154 e. The fourth-order valence-electron chi connectivity index (χ4n) is 2.18. The zero-order chi connectivity index (χ0) is 13.1. The highest BCUT2D eigenvalue weighted by Crippen LogP contribution is 2.32. The van der Waals surface area contributed by atoms with Crippen molar-refractivity contribution < 1.29 is 0 Å². The number of aromatic nitrogens is 2. The highest BCUT2D eigenvalue weighted by atomic mass is 32.1. The molecule has 0 saturated heterocycles. The number of nitrogens with one attached hydrogen (secondary N) is 1. The number of thiophene rings is 1. The van der Waals surface area contributed by atoms with Crippen molar-refractivity contribution in [1.29, 1.82) is 0 Å². The molecule has 0 atom stereocenters. The van der Waals surface area contributed by atoms with Gasteiger partial charge < -0.3 is 5.73 Å². The molecule has 3 nitrogen and oxygen atoms in total. The summed E-state index contributed by atoms with van der Waals surface area (Å²) >= 11 is 1.69. The predicted octanol–water partition coefficient (Wildman–Crippen LogP) is 3.51. The Bertz CT molecular complexity index is 641. The van der Waals surface area contributed by atoms with E-state index in [-0.39, 0.29) is 0 Å². The van der Waals surface area contributed by atoms with Gasteiger partial charge in [-0.05, 0) is 29.9 Å². The van der Waals surface area contributed by atoms with Gasteiger partial charge in [0.25, 0.3) is 0 Å². The summed E-state index contributed by atoms with van der Waals surface area (Å²) in [6.45, 7) is 0. The van der Waals surface area contributed by atoms with Gasteiger partial charge in [-0.15, -0.1) is 11.3 Å². The Hall–Kier alpha value is -2.07. The summed E-state index contributed by atoms with van der Waals surface area (Å²) in [6.07, 6.45) is 1.91. The van der Waals surface area contributed by atoms with Crippen LogP contribution in [0.1, 0.15) is 11.3 Å². The number of nitrogen functional groups attached to an aromatic ring is 1. The molecule has 0 fully saturated rings. The molecular weight excluding hydrogens is 254 g/mol. The number of aryl methyl sites for hydroxylation is 2. The van der Waals surface area contributed by atoms with E-state index in [0.717, 1.165) is 24.1 Å². The van der Waals surface area contributed by atoms with Crippen molar-refractivity contribution in [3.05, 3.63) is 59.1 Å². The Labute approximate surface area is 116 Å². The second kappa shape index (κ2) is 5.28. The van der Waals surface area contributed by atoms with E-state index in [1.54, 1.807) is 11.3 Å². The summed E-state index contributed by atoms with van der Waals surface area (Å²) in [5.74, 6) is 0.588. The molecule has 0 saturated carbocycles. The number of hydrogen-bond donors (Lipinski definition) is 2. The van der Waals surface area contributed by atoms with Crippen LogP contribution in [0, 0.1) is 0 Å². The lowest BCUT2D eigenvalue weighted by Gasteiger charge is -2.02. The number of H-pyrrole nitrogens is 1. The third-order valence-corrected chi connectivity index (χ3v) is 4.03. The van der Waals surface area contributed by atoms with Gasteiger partial charge in [0, 0.05) is 10.6 Å². The lowest BCUT2D eigenvalue weighted by Crippen LogP contribution is -1.94. The zero-order valence-electron chi connectivity index (χ0n) is 10.5. The van der Waals surface area contributed by atoms with Crippen LogP contribution in [0.25, 0.3) is 10.4 Å². The highest BCUT2D eigenvalue weighted by Gasteiger charge is 2.13. The van der Waals surface area contributed by atoms with Crippen molar-refractivity contribution in [2.75, 3.05) is 5.73 Å². The van der Waals surface area contributed by atoms with Crippen LogP contribution in [-0.4, -0.2) is 10.2 Å². The van der Waals surface area contributed by atoms with Crippen molar-refractivity contribution in [1.82, 2.24) is 10.2 Å². The predicted molar refractivity (Wildman–Crippen MR) is 80.2 cm³/mol. The van der Waals surface area contributed by atoms with Gasteiger partial charge in [0.2, 0.25) is 0 Å². The number of hydrogen-bond acceptors (Lipinski definition) is 3. The van der Waals surface area contributed by atoms with Crippen molar-refractivity contribution in [2.24, 2.45) is 0 Å². The number of aromatic amines is 1. The van der Waals surface area contributed by atoms with Gasteiger partial charge in [-0.3, -0.25) is 5.10 Å². The highest BCUT2D eigenvalue weighted by molar-refractivity contribution is 7.13. The molecule has 2 heterocycles. The van der Waals surface area contributed by atoms with Gasteiger partial charge in [0.1, 0.15) is 0 Å². The molecular formula is C15H15N3S. The molecule has 0 aliphatic heterocycles. The Balaban J connectivity index is 1.83. The van der Waals surface area contributed by atoms with Crippen LogP contribution in [0.5, 0.6) is 0 Å². The third kappa shape index (κ3) is 2.53. The summed E-state index contributed by atoms with van der Waals surface area (Å²) in [6, 6.07) is 14.6.